The van der Waals surface area contributed by atoms with Gasteiger partial charge >= 0.3 is 5.00 Å². The Kier molecular flexibility index (Phi) is 5.78. The molecule has 3 aromatic heterocycles. The van der Waals surface area contributed by atoms with Gasteiger partial charge in [-0.05, 0) is 43.6 Å². The molecule has 0 bridgehead atoms. The Morgan fingerprint density at radius 3 is 2.75 bits per heavy atom. The molecule has 5 rings (SSSR count). The van der Waals surface area contributed by atoms with Gasteiger partial charge in [0, 0.05) is 41.9 Å². The van der Waals surface area contributed by atoms with Gasteiger partial charge in [-0.1, -0.05) is 34.7 Å². The van der Waals surface area contributed by atoms with Crippen LogP contribution < -0.4 is 0 Å². The molecule has 1 fully saturated rings. The molecule has 10 heteroatoms. The third-order valence-corrected chi connectivity index (χ3v) is 6.66. The van der Waals surface area contributed by atoms with E-state index in [1.807, 2.05) is 48.1 Å². The summed E-state index contributed by atoms with van der Waals surface area (Å²) in [5.74, 6) is 2.55. The average molecular weight is 451 g/mol. The second-order valence-electron chi connectivity index (χ2n) is 7.90. The van der Waals surface area contributed by atoms with Gasteiger partial charge in [0.05, 0.1) is 11.5 Å². The van der Waals surface area contributed by atoms with E-state index in [1.54, 1.807) is 6.07 Å². The second-order valence-corrected chi connectivity index (χ2v) is 8.79. The van der Waals surface area contributed by atoms with E-state index >= 15 is 0 Å². The first kappa shape index (κ1) is 20.5. The molecule has 1 aliphatic rings. The highest BCUT2D eigenvalue weighted by molar-refractivity contribution is 7.13. The fraction of sp³-hybridized carbons (Fsp3) is 0.318. The highest BCUT2D eigenvalue weighted by atomic mass is 32.1. The smallest absolute Gasteiger partial charge is 0.324 e. The van der Waals surface area contributed by atoms with Gasteiger partial charge in [-0.25, -0.2) is 4.98 Å². The first-order chi connectivity index (χ1) is 15.7. The van der Waals surface area contributed by atoms with E-state index < -0.39 is 0 Å². The minimum absolute atomic E-state index is 0.203. The third-order valence-electron chi connectivity index (χ3n) is 5.73. The van der Waals surface area contributed by atoms with Crippen molar-refractivity contribution in [3.63, 3.8) is 0 Å². The summed E-state index contributed by atoms with van der Waals surface area (Å²) in [5.41, 5.74) is 1.91. The predicted octanol–water partition coefficient (Wildman–Crippen LogP) is 4.33. The molecule has 1 aromatic carbocycles. The maximum atomic E-state index is 10.9. The zero-order valence-corrected chi connectivity index (χ0v) is 18.1. The van der Waals surface area contributed by atoms with Gasteiger partial charge in [-0.15, -0.1) is 0 Å². The summed E-state index contributed by atoms with van der Waals surface area (Å²) >= 11 is 1.19. The summed E-state index contributed by atoms with van der Waals surface area (Å²) in [6.45, 7) is 3.13. The Morgan fingerprint density at radius 2 is 2.00 bits per heavy atom. The SMILES string of the molecule is O=[N+]([O-])c1cc(CN2CCC(c3nccn3Cc3noc(-c4ccccc4)n3)CC2)cs1. The highest BCUT2D eigenvalue weighted by Crippen LogP contribution is 2.30. The number of thiophene rings is 1. The number of nitro groups is 1. The van der Waals surface area contributed by atoms with Gasteiger partial charge in [0.1, 0.15) is 5.82 Å². The summed E-state index contributed by atoms with van der Waals surface area (Å²) in [6.07, 6.45) is 5.77. The number of hydrogen-bond acceptors (Lipinski definition) is 8. The molecule has 0 radical (unpaired) electrons. The van der Waals surface area contributed by atoms with Crippen LogP contribution in [0.1, 0.15) is 36.0 Å². The van der Waals surface area contributed by atoms with Gasteiger partial charge in [0.2, 0.25) is 0 Å². The number of benzene rings is 1. The van der Waals surface area contributed by atoms with Gasteiger partial charge in [-0.3, -0.25) is 15.0 Å². The Hall–Kier alpha value is -3.37. The predicted molar refractivity (Wildman–Crippen MR) is 119 cm³/mol. The van der Waals surface area contributed by atoms with Crippen LogP contribution in [0, 0.1) is 10.1 Å². The van der Waals surface area contributed by atoms with Crippen molar-refractivity contribution in [3.8, 4) is 11.5 Å². The Bertz CT molecular complexity index is 1190. The fourth-order valence-electron chi connectivity index (χ4n) is 4.13. The number of aromatic nitrogens is 4. The topological polar surface area (TPSA) is 103 Å². The van der Waals surface area contributed by atoms with Crippen LogP contribution >= 0.6 is 11.3 Å². The quantitative estimate of drug-likeness (QED) is 0.305. The van der Waals surface area contributed by atoms with E-state index in [9.17, 15) is 10.1 Å². The van der Waals surface area contributed by atoms with Crippen molar-refractivity contribution in [1.29, 1.82) is 0 Å². The average Bonchev–Trinajstić information content (AvgIpc) is 3.57. The number of rotatable bonds is 7. The molecule has 0 spiro atoms. The molecule has 9 nitrogen and oxygen atoms in total. The van der Waals surface area contributed by atoms with E-state index in [4.69, 9.17) is 4.52 Å². The summed E-state index contributed by atoms with van der Waals surface area (Å²) in [4.78, 5) is 22.1. The molecule has 0 aliphatic carbocycles. The van der Waals surface area contributed by atoms with Crippen LogP contribution in [0.2, 0.25) is 0 Å². The zero-order valence-electron chi connectivity index (χ0n) is 17.3. The Morgan fingerprint density at radius 1 is 1.19 bits per heavy atom. The third kappa shape index (κ3) is 4.46. The number of nitrogens with zero attached hydrogens (tertiary/aromatic N) is 6. The molecule has 1 saturated heterocycles. The first-order valence-electron chi connectivity index (χ1n) is 10.5. The maximum absolute atomic E-state index is 10.9. The number of imidazole rings is 1. The lowest BCUT2D eigenvalue weighted by Gasteiger charge is -2.31. The second kappa shape index (κ2) is 9.01. The van der Waals surface area contributed by atoms with Crippen LogP contribution in [-0.4, -0.2) is 42.6 Å². The Balaban J connectivity index is 1.20. The maximum Gasteiger partial charge on any atom is 0.324 e. The highest BCUT2D eigenvalue weighted by Gasteiger charge is 2.25. The normalized spacial score (nSPS) is 15.2. The van der Waals surface area contributed by atoms with Crippen molar-refractivity contribution in [2.24, 2.45) is 0 Å². The van der Waals surface area contributed by atoms with Crippen LogP contribution in [0.25, 0.3) is 11.5 Å². The number of likely N-dealkylation sites (tertiary alicyclic amines) is 1. The summed E-state index contributed by atoms with van der Waals surface area (Å²) in [6, 6.07) is 11.4. The number of hydrogen-bond donors (Lipinski definition) is 0. The van der Waals surface area contributed by atoms with Crippen LogP contribution in [0.3, 0.4) is 0 Å². The van der Waals surface area contributed by atoms with Crippen molar-refractivity contribution in [1.82, 2.24) is 24.6 Å². The zero-order chi connectivity index (χ0) is 21.9. The molecule has 0 unspecified atom stereocenters. The molecule has 0 amide bonds. The van der Waals surface area contributed by atoms with Gasteiger partial charge < -0.3 is 9.09 Å². The van der Waals surface area contributed by atoms with Crippen molar-refractivity contribution in [3.05, 3.63) is 81.5 Å². The van der Waals surface area contributed by atoms with Gasteiger partial charge in [0.25, 0.3) is 5.89 Å². The lowest BCUT2D eigenvalue weighted by molar-refractivity contribution is -0.380. The molecular weight excluding hydrogens is 428 g/mol. The molecule has 0 saturated carbocycles. The van der Waals surface area contributed by atoms with Crippen molar-refractivity contribution in [2.45, 2.75) is 31.8 Å². The van der Waals surface area contributed by atoms with Crippen molar-refractivity contribution in [2.75, 3.05) is 13.1 Å². The first-order valence-corrected chi connectivity index (χ1v) is 11.4. The lowest BCUT2D eigenvalue weighted by atomic mass is 9.95. The van der Waals surface area contributed by atoms with Gasteiger partial charge in [0.15, 0.2) is 5.82 Å². The van der Waals surface area contributed by atoms with E-state index in [0.29, 0.717) is 24.2 Å². The standard InChI is InChI=1S/C22H22N6O3S/c29-28(30)20-12-16(15-32-20)13-26-9-6-17(7-10-26)21-23-8-11-27(21)14-19-24-22(31-25-19)18-4-2-1-3-5-18/h1-5,8,11-12,15,17H,6-7,9-10,13-14H2. The van der Waals surface area contributed by atoms with E-state index in [-0.39, 0.29) is 9.92 Å². The molecule has 1 aliphatic heterocycles. The lowest BCUT2D eigenvalue weighted by Crippen LogP contribution is -2.33. The van der Waals surface area contributed by atoms with E-state index in [1.165, 1.54) is 11.3 Å². The largest absolute Gasteiger partial charge is 0.334 e. The summed E-state index contributed by atoms with van der Waals surface area (Å²) in [5, 5.41) is 17.1. The van der Waals surface area contributed by atoms with Crippen LogP contribution in [0.15, 0.2) is 58.7 Å². The minimum atomic E-state index is -0.327. The van der Waals surface area contributed by atoms with Crippen molar-refractivity contribution < 1.29 is 9.45 Å². The number of piperidine rings is 1. The van der Waals surface area contributed by atoms with Crippen LogP contribution in [-0.2, 0) is 13.1 Å². The monoisotopic (exact) mass is 450 g/mol. The van der Waals surface area contributed by atoms with Crippen molar-refractivity contribution >= 4 is 16.3 Å². The summed E-state index contributed by atoms with van der Waals surface area (Å²) < 4.78 is 7.53. The molecule has 0 N–H and O–H groups in total. The summed E-state index contributed by atoms with van der Waals surface area (Å²) in [7, 11) is 0. The van der Waals surface area contributed by atoms with Crippen LogP contribution in [0.4, 0.5) is 5.00 Å². The van der Waals surface area contributed by atoms with E-state index in [2.05, 4.69) is 24.6 Å². The molecule has 164 valence electrons. The molecule has 32 heavy (non-hydrogen) atoms. The van der Waals surface area contributed by atoms with Gasteiger partial charge in [-0.2, -0.15) is 4.98 Å². The fourth-order valence-corrected chi connectivity index (χ4v) is 4.85. The minimum Gasteiger partial charge on any atom is -0.334 e. The van der Waals surface area contributed by atoms with Crippen LogP contribution in [0.5, 0.6) is 0 Å². The molecule has 4 heterocycles. The van der Waals surface area contributed by atoms with E-state index in [0.717, 1.165) is 49.4 Å². The molecule has 0 atom stereocenters. The molecule has 4 aromatic rings. The molecular formula is C22H22N6O3S. The Labute approximate surface area is 188 Å².